The van der Waals surface area contributed by atoms with Gasteiger partial charge in [-0.15, -0.1) is 5.10 Å². The van der Waals surface area contributed by atoms with Crippen molar-refractivity contribution in [3.05, 3.63) is 53.6 Å². The molecule has 10 heteroatoms. The van der Waals surface area contributed by atoms with Crippen LogP contribution in [0.15, 0.2) is 43.0 Å². The first kappa shape index (κ1) is 16.7. The highest BCUT2D eigenvalue weighted by Gasteiger charge is 2.14. The second-order valence-electron chi connectivity index (χ2n) is 6.40. The van der Waals surface area contributed by atoms with Crippen LogP contribution in [-0.4, -0.2) is 39.1 Å². The minimum atomic E-state index is 0.227. The predicted molar refractivity (Wildman–Crippen MR) is 103 cm³/mol. The van der Waals surface area contributed by atoms with Crippen LogP contribution in [0, 0.1) is 6.92 Å². The summed E-state index contributed by atoms with van der Waals surface area (Å²) in [6.07, 6.45) is 5.16. The van der Waals surface area contributed by atoms with E-state index < -0.39 is 0 Å². The molecule has 0 amide bonds. The van der Waals surface area contributed by atoms with Crippen LogP contribution < -0.4 is 4.74 Å². The van der Waals surface area contributed by atoms with Crippen LogP contribution >= 0.6 is 11.6 Å². The zero-order valence-corrected chi connectivity index (χ0v) is 15.9. The van der Waals surface area contributed by atoms with Crippen LogP contribution in [0.5, 0.6) is 5.75 Å². The Morgan fingerprint density at radius 3 is 2.93 bits per heavy atom. The quantitative estimate of drug-likeness (QED) is 0.465. The van der Waals surface area contributed by atoms with Gasteiger partial charge in [-0.25, -0.2) is 19.2 Å². The fourth-order valence-corrected chi connectivity index (χ4v) is 3.13. The van der Waals surface area contributed by atoms with E-state index in [-0.39, 0.29) is 6.73 Å². The number of hydrogen-bond acceptors (Lipinski definition) is 6. The van der Waals surface area contributed by atoms with Gasteiger partial charge in [-0.05, 0) is 30.7 Å². The highest BCUT2D eigenvalue weighted by Crippen LogP contribution is 2.25. The summed E-state index contributed by atoms with van der Waals surface area (Å²) in [5.74, 6) is 1.13. The molecule has 0 saturated carbocycles. The Morgan fingerprint density at radius 2 is 2.04 bits per heavy atom. The van der Waals surface area contributed by atoms with Crippen molar-refractivity contribution in [1.82, 2.24) is 39.1 Å². The van der Waals surface area contributed by atoms with Gasteiger partial charge >= 0.3 is 0 Å². The Morgan fingerprint density at radius 1 is 1.14 bits per heavy atom. The molecule has 140 valence electrons. The predicted octanol–water partition coefficient (Wildman–Crippen LogP) is 2.87. The zero-order valence-electron chi connectivity index (χ0n) is 15.1. The third kappa shape index (κ3) is 2.76. The highest BCUT2D eigenvalue weighted by molar-refractivity contribution is 6.32. The standard InChI is InChI=1S/C18H15ClN8O/c1-11-3-4-13(19)15(7-11)28-10-26-6-5-14(23-26)16-22-18-12-8-21-25(2)17(12)20-9-27(18)24-16/h3-9H,10H2,1-2H3. The van der Waals surface area contributed by atoms with Gasteiger partial charge < -0.3 is 4.74 Å². The molecule has 4 aromatic heterocycles. The molecule has 0 atom stereocenters. The smallest absolute Gasteiger partial charge is 0.202 e. The second kappa shape index (κ2) is 6.31. The molecule has 1 aromatic carbocycles. The van der Waals surface area contributed by atoms with Crippen LogP contribution in [0.1, 0.15) is 5.56 Å². The van der Waals surface area contributed by atoms with Crippen LogP contribution in [-0.2, 0) is 13.8 Å². The molecule has 0 unspecified atom stereocenters. The number of fused-ring (bicyclic) bond motifs is 3. The molecule has 0 fully saturated rings. The van der Waals surface area contributed by atoms with Crippen LogP contribution in [0.25, 0.3) is 28.2 Å². The Labute approximate surface area is 164 Å². The summed E-state index contributed by atoms with van der Waals surface area (Å²) in [6, 6.07) is 7.48. The van der Waals surface area contributed by atoms with Gasteiger partial charge in [0.1, 0.15) is 17.8 Å². The van der Waals surface area contributed by atoms with Crippen molar-refractivity contribution in [1.29, 1.82) is 0 Å². The largest absolute Gasteiger partial charge is 0.470 e. The van der Waals surface area contributed by atoms with Gasteiger partial charge in [0.05, 0.1) is 16.6 Å². The van der Waals surface area contributed by atoms with E-state index in [0.717, 1.165) is 16.6 Å². The molecule has 0 spiro atoms. The second-order valence-corrected chi connectivity index (χ2v) is 6.81. The van der Waals surface area contributed by atoms with Gasteiger partial charge in [0.15, 0.2) is 18.0 Å². The number of aryl methyl sites for hydroxylation is 2. The monoisotopic (exact) mass is 394 g/mol. The molecule has 4 heterocycles. The first-order valence-corrected chi connectivity index (χ1v) is 8.92. The average molecular weight is 395 g/mol. The Kier molecular flexibility index (Phi) is 3.76. The summed E-state index contributed by atoms with van der Waals surface area (Å²) in [4.78, 5) is 8.96. The Balaban J connectivity index is 1.42. The lowest BCUT2D eigenvalue weighted by atomic mass is 10.2. The van der Waals surface area contributed by atoms with Gasteiger partial charge in [0.25, 0.3) is 0 Å². The number of ether oxygens (including phenoxy) is 1. The number of hydrogen-bond donors (Lipinski definition) is 0. The molecule has 0 saturated heterocycles. The molecule has 5 rings (SSSR count). The summed E-state index contributed by atoms with van der Waals surface area (Å²) in [6.45, 7) is 2.21. The van der Waals surface area contributed by atoms with Crippen LogP contribution in [0.4, 0.5) is 0 Å². The molecule has 0 N–H and O–H groups in total. The maximum absolute atomic E-state index is 6.17. The van der Waals surface area contributed by atoms with Crippen LogP contribution in [0.3, 0.4) is 0 Å². The van der Waals surface area contributed by atoms with Gasteiger partial charge in [0, 0.05) is 13.2 Å². The lowest BCUT2D eigenvalue weighted by Crippen LogP contribution is -2.06. The van der Waals surface area contributed by atoms with Gasteiger partial charge in [-0.1, -0.05) is 17.7 Å². The summed E-state index contributed by atoms with van der Waals surface area (Å²) in [7, 11) is 1.84. The highest BCUT2D eigenvalue weighted by atomic mass is 35.5. The van der Waals surface area contributed by atoms with E-state index in [4.69, 9.17) is 16.3 Å². The summed E-state index contributed by atoms with van der Waals surface area (Å²) in [5, 5.41) is 14.6. The van der Waals surface area contributed by atoms with Crippen molar-refractivity contribution in [3.8, 4) is 17.3 Å². The molecule has 28 heavy (non-hydrogen) atoms. The molecule has 5 aromatic rings. The molecule has 0 aliphatic heterocycles. The van der Waals surface area contributed by atoms with Crippen molar-refractivity contribution in [2.45, 2.75) is 13.7 Å². The van der Waals surface area contributed by atoms with E-state index >= 15 is 0 Å². The molecule has 0 aliphatic rings. The van der Waals surface area contributed by atoms with E-state index in [1.54, 1.807) is 26.4 Å². The first-order chi connectivity index (χ1) is 13.6. The molecule has 9 nitrogen and oxygen atoms in total. The number of rotatable bonds is 4. The van der Waals surface area contributed by atoms with E-state index in [1.807, 2.05) is 44.4 Å². The van der Waals surface area contributed by atoms with E-state index in [0.29, 0.717) is 27.9 Å². The number of aromatic nitrogens is 8. The topological polar surface area (TPSA) is 88.0 Å². The lowest BCUT2D eigenvalue weighted by Gasteiger charge is -2.08. The van der Waals surface area contributed by atoms with Crippen molar-refractivity contribution in [3.63, 3.8) is 0 Å². The fraction of sp³-hybridized carbons (Fsp3) is 0.167. The van der Waals surface area contributed by atoms with Crippen molar-refractivity contribution in [2.24, 2.45) is 7.05 Å². The molecule has 0 aliphatic carbocycles. The average Bonchev–Trinajstić information content (AvgIpc) is 3.40. The SMILES string of the molecule is Cc1ccc(Cl)c(OCn2ccc(-c3nc4c5cnn(C)c5ncn4n3)n2)c1. The molecule has 0 radical (unpaired) electrons. The summed E-state index contributed by atoms with van der Waals surface area (Å²) in [5.41, 5.74) is 3.15. The molecular weight excluding hydrogens is 380 g/mol. The van der Waals surface area contributed by atoms with Crippen molar-refractivity contribution >= 4 is 28.3 Å². The minimum Gasteiger partial charge on any atom is -0.470 e. The molecule has 0 bridgehead atoms. The Hall–Kier alpha value is -3.46. The third-order valence-electron chi connectivity index (χ3n) is 4.38. The van der Waals surface area contributed by atoms with E-state index in [2.05, 4.69) is 25.3 Å². The van der Waals surface area contributed by atoms with Gasteiger partial charge in [-0.2, -0.15) is 10.2 Å². The fourth-order valence-electron chi connectivity index (χ4n) is 2.96. The first-order valence-electron chi connectivity index (χ1n) is 8.54. The third-order valence-corrected chi connectivity index (χ3v) is 4.69. The zero-order chi connectivity index (χ0) is 19.3. The van der Waals surface area contributed by atoms with Gasteiger partial charge in [0.2, 0.25) is 5.82 Å². The van der Waals surface area contributed by atoms with Crippen molar-refractivity contribution in [2.75, 3.05) is 0 Å². The number of halogens is 1. The molecular formula is C18H15ClN8O. The Bertz CT molecular complexity index is 1320. The summed E-state index contributed by atoms with van der Waals surface area (Å²) < 4.78 is 10.8. The van der Waals surface area contributed by atoms with Gasteiger partial charge in [-0.3, -0.25) is 4.68 Å². The number of nitrogens with zero attached hydrogens (tertiary/aromatic N) is 8. The van der Waals surface area contributed by atoms with E-state index in [9.17, 15) is 0 Å². The van der Waals surface area contributed by atoms with Crippen LogP contribution in [0.2, 0.25) is 5.02 Å². The van der Waals surface area contributed by atoms with E-state index in [1.165, 1.54) is 0 Å². The maximum Gasteiger partial charge on any atom is 0.202 e. The summed E-state index contributed by atoms with van der Waals surface area (Å²) >= 11 is 6.17. The van der Waals surface area contributed by atoms with Crippen molar-refractivity contribution < 1.29 is 4.74 Å². The normalized spacial score (nSPS) is 11.5. The maximum atomic E-state index is 6.17. The minimum absolute atomic E-state index is 0.227. The lowest BCUT2D eigenvalue weighted by molar-refractivity contribution is 0.221. The number of benzene rings is 1.